The lowest BCUT2D eigenvalue weighted by Crippen LogP contribution is -2.49. The quantitative estimate of drug-likeness (QED) is 0.544. The van der Waals surface area contributed by atoms with Crippen molar-refractivity contribution in [2.75, 3.05) is 6.54 Å². The molecule has 1 N–H and O–H groups in total. The molecule has 0 aromatic rings. The fourth-order valence-corrected chi connectivity index (χ4v) is 5.83. The molecule has 0 bridgehead atoms. The van der Waals surface area contributed by atoms with Crippen molar-refractivity contribution in [3.8, 4) is 0 Å². The van der Waals surface area contributed by atoms with E-state index in [-0.39, 0.29) is 0 Å². The molecule has 16 heavy (non-hydrogen) atoms. The van der Waals surface area contributed by atoms with Gasteiger partial charge in [-0.2, -0.15) is 0 Å². The normalized spacial score (nSPS) is 14.1. The summed E-state index contributed by atoms with van der Waals surface area (Å²) in [4.78, 5) is 3.97. The van der Waals surface area contributed by atoms with Gasteiger partial charge < -0.3 is 4.98 Å². The van der Waals surface area contributed by atoms with Crippen LogP contribution in [-0.2, 0) is 0 Å². The molecular formula is C14H33NSi. The Labute approximate surface area is 104 Å². The maximum absolute atomic E-state index is 3.97. The van der Waals surface area contributed by atoms with Gasteiger partial charge in [0.15, 0.2) is 0 Å². The number of nitrogens with one attached hydrogen (secondary N) is 1. The Bertz CT molecular complexity index is 155. The van der Waals surface area contributed by atoms with Crippen LogP contribution in [0, 0.1) is 5.92 Å². The molecule has 0 heterocycles. The van der Waals surface area contributed by atoms with Crippen LogP contribution >= 0.6 is 0 Å². The second kappa shape index (κ2) is 9.23. The molecular weight excluding hydrogens is 210 g/mol. The predicted molar refractivity (Wildman–Crippen MR) is 78.5 cm³/mol. The van der Waals surface area contributed by atoms with E-state index in [1.807, 2.05) is 0 Å². The zero-order chi connectivity index (χ0) is 12.4. The van der Waals surface area contributed by atoms with E-state index in [0.717, 1.165) is 5.92 Å². The van der Waals surface area contributed by atoms with Crippen molar-refractivity contribution in [2.45, 2.75) is 78.4 Å². The van der Waals surface area contributed by atoms with Gasteiger partial charge in [0.05, 0.1) is 0 Å². The van der Waals surface area contributed by atoms with Crippen molar-refractivity contribution in [3.05, 3.63) is 0 Å². The molecule has 0 rings (SSSR count). The van der Waals surface area contributed by atoms with E-state index in [0.29, 0.717) is 0 Å². The lowest BCUT2D eigenvalue weighted by molar-refractivity contribution is 0.511. The Balaban J connectivity index is 4.00. The van der Waals surface area contributed by atoms with Crippen LogP contribution in [0.5, 0.6) is 0 Å². The third kappa shape index (κ3) is 6.05. The third-order valence-corrected chi connectivity index (χ3v) is 9.21. The van der Waals surface area contributed by atoms with Crippen molar-refractivity contribution < 1.29 is 0 Å². The summed E-state index contributed by atoms with van der Waals surface area (Å²) in [6, 6.07) is 4.30. The van der Waals surface area contributed by atoms with Gasteiger partial charge >= 0.3 is 0 Å². The first kappa shape index (κ1) is 16.2. The van der Waals surface area contributed by atoms with Crippen LogP contribution in [0.1, 0.15) is 60.3 Å². The van der Waals surface area contributed by atoms with Gasteiger partial charge in [0.25, 0.3) is 0 Å². The minimum atomic E-state index is -1.09. The molecule has 2 heteroatoms. The minimum Gasteiger partial charge on any atom is -0.337 e. The monoisotopic (exact) mass is 243 g/mol. The van der Waals surface area contributed by atoms with Crippen LogP contribution in [-0.4, -0.2) is 14.8 Å². The van der Waals surface area contributed by atoms with Gasteiger partial charge in [0.1, 0.15) is 8.24 Å². The number of unbranched alkanes of at least 4 members (excludes halogenated alkanes) is 1. The summed E-state index contributed by atoms with van der Waals surface area (Å²) < 4.78 is 0. The Hall–Kier alpha value is 0.177. The van der Waals surface area contributed by atoms with Gasteiger partial charge in [-0.15, -0.1) is 0 Å². The van der Waals surface area contributed by atoms with E-state index in [1.165, 1.54) is 50.4 Å². The van der Waals surface area contributed by atoms with Gasteiger partial charge in [0, 0.05) is 0 Å². The Morgan fingerprint density at radius 2 is 1.69 bits per heavy atom. The first-order chi connectivity index (χ1) is 7.64. The van der Waals surface area contributed by atoms with Gasteiger partial charge in [-0.05, 0) is 37.0 Å². The predicted octanol–water partition coefficient (Wildman–Crippen LogP) is 4.80. The smallest absolute Gasteiger partial charge is 0.125 e. The standard InChI is InChI=1S/C14H33NSi/c1-6-10-13-16(8-3,9-4)15-12-11-14(5)7-2/h14-15H,6-13H2,1-5H3. The van der Waals surface area contributed by atoms with Crippen LogP contribution in [0.15, 0.2) is 0 Å². The lowest BCUT2D eigenvalue weighted by atomic mass is 10.1. The Morgan fingerprint density at radius 1 is 1.06 bits per heavy atom. The van der Waals surface area contributed by atoms with Gasteiger partial charge in [-0.3, -0.25) is 0 Å². The van der Waals surface area contributed by atoms with E-state index in [2.05, 4.69) is 39.6 Å². The zero-order valence-electron chi connectivity index (χ0n) is 12.2. The summed E-state index contributed by atoms with van der Waals surface area (Å²) in [5.74, 6) is 0.888. The Morgan fingerprint density at radius 3 is 2.12 bits per heavy atom. The number of rotatable bonds is 10. The van der Waals surface area contributed by atoms with E-state index in [9.17, 15) is 0 Å². The average Bonchev–Trinajstić information content (AvgIpc) is 2.33. The summed E-state index contributed by atoms with van der Waals surface area (Å²) in [6.07, 6.45) is 5.45. The molecule has 0 spiro atoms. The Kier molecular flexibility index (Phi) is 9.33. The SMILES string of the molecule is CCCC[Si](CC)(CC)NCCC(C)CC. The second-order valence-corrected chi connectivity index (χ2v) is 10.1. The maximum atomic E-state index is 3.97. The maximum Gasteiger partial charge on any atom is 0.125 e. The average molecular weight is 244 g/mol. The van der Waals surface area contributed by atoms with E-state index >= 15 is 0 Å². The highest BCUT2D eigenvalue weighted by atomic mass is 28.3. The lowest BCUT2D eigenvalue weighted by Gasteiger charge is -2.31. The van der Waals surface area contributed by atoms with Crippen LogP contribution in [0.25, 0.3) is 0 Å². The molecule has 0 aliphatic carbocycles. The van der Waals surface area contributed by atoms with Crippen molar-refractivity contribution in [1.82, 2.24) is 4.98 Å². The fraction of sp³-hybridized carbons (Fsp3) is 1.00. The molecule has 0 fully saturated rings. The molecule has 0 aliphatic rings. The molecule has 0 aromatic heterocycles. The highest BCUT2D eigenvalue weighted by Crippen LogP contribution is 2.20. The third-order valence-electron chi connectivity index (χ3n) is 4.20. The van der Waals surface area contributed by atoms with Crippen LogP contribution in [0.4, 0.5) is 0 Å². The molecule has 0 saturated heterocycles. The van der Waals surface area contributed by atoms with Crippen LogP contribution in [0.2, 0.25) is 18.1 Å². The molecule has 0 saturated carbocycles. The molecule has 98 valence electrons. The fourth-order valence-electron chi connectivity index (χ4n) is 2.24. The summed E-state index contributed by atoms with van der Waals surface area (Å²) in [5, 5.41) is 0. The minimum absolute atomic E-state index is 0.888. The molecule has 1 atom stereocenters. The van der Waals surface area contributed by atoms with Gasteiger partial charge in [-0.1, -0.05) is 53.9 Å². The molecule has 0 aromatic carbocycles. The van der Waals surface area contributed by atoms with Crippen molar-refractivity contribution in [3.63, 3.8) is 0 Å². The first-order valence-electron chi connectivity index (χ1n) is 7.39. The molecule has 0 aliphatic heterocycles. The number of hydrogen-bond acceptors (Lipinski definition) is 1. The summed E-state index contributed by atoms with van der Waals surface area (Å²) in [7, 11) is -1.09. The highest BCUT2D eigenvalue weighted by molar-refractivity contribution is 6.77. The topological polar surface area (TPSA) is 12.0 Å². The molecule has 1 nitrogen and oxygen atoms in total. The van der Waals surface area contributed by atoms with Crippen molar-refractivity contribution >= 4 is 8.24 Å². The van der Waals surface area contributed by atoms with E-state index < -0.39 is 8.24 Å². The second-order valence-electron chi connectivity index (χ2n) is 5.32. The molecule has 1 unspecified atom stereocenters. The molecule has 0 amide bonds. The summed E-state index contributed by atoms with van der Waals surface area (Å²) in [5.41, 5.74) is 0. The van der Waals surface area contributed by atoms with Crippen LogP contribution < -0.4 is 4.98 Å². The van der Waals surface area contributed by atoms with Crippen LogP contribution in [0.3, 0.4) is 0 Å². The summed E-state index contributed by atoms with van der Waals surface area (Å²) >= 11 is 0. The molecule has 0 radical (unpaired) electrons. The largest absolute Gasteiger partial charge is 0.337 e. The number of hydrogen-bond donors (Lipinski definition) is 1. The van der Waals surface area contributed by atoms with E-state index in [4.69, 9.17) is 0 Å². The summed E-state index contributed by atoms with van der Waals surface area (Å²) in [6.45, 7) is 13.0. The van der Waals surface area contributed by atoms with Crippen molar-refractivity contribution in [1.29, 1.82) is 0 Å². The van der Waals surface area contributed by atoms with Gasteiger partial charge in [0.2, 0.25) is 0 Å². The van der Waals surface area contributed by atoms with Crippen molar-refractivity contribution in [2.24, 2.45) is 5.92 Å². The zero-order valence-corrected chi connectivity index (χ0v) is 13.2. The highest BCUT2D eigenvalue weighted by Gasteiger charge is 2.27. The van der Waals surface area contributed by atoms with E-state index in [1.54, 1.807) is 0 Å². The first-order valence-corrected chi connectivity index (χ1v) is 10.0. The van der Waals surface area contributed by atoms with Gasteiger partial charge in [-0.25, -0.2) is 0 Å².